The van der Waals surface area contributed by atoms with Crippen LogP contribution in [0.15, 0.2) is 29.1 Å². The fourth-order valence-electron chi connectivity index (χ4n) is 3.22. The first-order valence-corrected chi connectivity index (χ1v) is 9.58. The smallest absolute Gasteiger partial charge is 0.417 e. The molecule has 0 bridgehead atoms. The number of ether oxygens (including phenoxy) is 3. The summed E-state index contributed by atoms with van der Waals surface area (Å²) in [5, 5.41) is -0.580. The second-order valence-electron chi connectivity index (χ2n) is 6.57. The van der Waals surface area contributed by atoms with Crippen molar-refractivity contribution in [2.45, 2.75) is 19.1 Å². The van der Waals surface area contributed by atoms with E-state index >= 15 is 0 Å². The summed E-state index contributed by atoms with van der Waals surface area (Å²) in [6.07, 6.45) is -4.34. The van der Waals surface area contributed by atoms with E-state index in [2.05, 4.69) is 9.97 Å². The molecular weight excluding hydrogens is 435 g/mol. The van der Waals surface area contributed by atoms with Crippen LogP contribution >= 0.6 is 12.2 Å². The van der Waals surface area contributed by atoms with E-state index in [9.17, 15) is 18.0 Å². The van der Waals surface area contributed by atoms with Gasteiger partial charge in [-0.1, -0.05) is 0 Å². The second kappa shape index (κ2) is 9.06. The van der Waals surface area contributed by atoms with Crippen LogP contribution in [0.4, 0.5) is 13.2 Å². The minimum absolute atomic E-state index is 0.0241. The van der Waals surface area contributed by atoms with Crippen LogP contribution in [0.1, 0.15) is 12.0 Å². The molecule has 3 rings (SSSR count). The first kappa shape index (κ1) is 22.8. The van der Waals surface area contributed by atoms with Gasteiger partial charge in [0.1, 0.15) is 17.1 Å². The van der Waals surface area contributed by atoms with Crippen LogP contribution in [0, 0.1) is 4.77 Å². The highest BCUT2D eigenvalue weighted by molar-refractivity contribution is 7.71. The van der Waals surface area contributed by atoms with E-state index in [0.717, 1.165) is 6.07 Å². The van der Waals surface area contributed by atoms with Crippen LogP contribution in [-0.2, 0) is 17.5 Å². The van der Waals surface area contributed by atoms with E-state index in [1.54, 1.807) is 12.1 Å². The SMILES string of the molecule is COCCCn1c(=S)[nH]c(=O)c2c(C(F)(F)F)cc(-c3cc(OC)ccc3OC)nc21. The number of halogens is 3. The first-order valence-electron chi connectivity index (χ1n) is 9.17. The quantitative estimate of drug-likeness (QED) is 0.425. The number of hydrogen-bond donors (Lipinski definition) is 1. The summed E-state index contributed by atoms with van der Waals surface area (Å²) in [5.41, 5.74) is -1.99. The maximum absolute atomic E-state index is 14.0. The van der Waals surface area contributed by atoms with Crippen molar-refractivity contribution in [3.05, 3.63) is 45.0 Å². The lowest BCUT2D eigenvalue weighted by atomic mass is 10.0. The highest BCUT2D eigenvalue weighted by Gasteiger charge is 2.36. The summed E-state index contributed by atoms with van der Waals surface area (Å²) in [6, 6.07) is 5.53. The summed E-state index contributed by atoms with van der Waals surface area (Å²) in [4.78, 5) is 19.2. The van der Waals surface area contributed by atoms with Gasteiger partial charge < -0.3 is 18.8 Å². The molecule has 2 heterocycles. The molecule has 3 aromatic rings. The predicted octanol–water partition coefficient (Wildman–Crippen LogP) is 4.19. The molecule has 0 aliphatic rings. The van der Waals surface area contributed by atoms with Gasteiger partial charge in [-0.3, -0.25) is 9.78 Å². The molecule has 0 aliphatic heterocycles. The zero-order valence-electron chi connectivity index (χ0n) is 17.0. The van der Waals surface area contributed by atoms with E-state index in [0.29, 0.717) is 24.5 Å². The minimum Gasteiger partial charge on any atom is -0.497 e. The molecule has 0 saturated heterocycles. The first-order chi connectivity index (χ1) is 14.7. The van der Waals surface area contributed by atoms with E-state index < -0.39 is 22.7 Å². The molecule has 0 aliphatic carbocycles. The Kier molecular flexibility index (Phi) is 6.65. The molecule has 11 heteroatoms. The van der Waals surface area contributed by atoms with Gasteiger partial charge in [-0.25, -0.2) is 4.98 Å². The Morgan fingerprint density at radius 2 is 1.90 bits per heavy atom. The number of hydrogen-bond acceptors (Lipinski definition) is 6. The molecule has 1 N–H and O–H groups in total. The van der Waals surface area contributed by atoms with Gasteiger partial charge in [0.05, 0.1) is 30.9 Å². The molecular formula is C20H20F3N3O4S. The number of nitrogens with one attached hydrogen (secondary N) is 1. The molecule has 0 unspecified atom stereocenters. The van der Waals surface area contributed by atoms with Gasteiger partial charge in [0, 0.05) is 25.8 Å². The highest BCUT2D eigenvalue weighted by Crippen LogP contribution is 2.38. The zero-order chi connectivity index (χ0) is 22.8. The van der Waals surface area contributed by atoms with Crippen molar-refractivity contribution in [1.29, 1.82) is 0 Å². The number of methoxy groups -OCH3 is 3. The molecule has 0 radical (unpaired) electrons. The van der Waals surface area contributed by atoms with Crippen molar-refractivity contribution in [3.63, 3.8) is 0 Å². The molecule has 0 amide bonds. The average Bonchev–Trinajstić information content (AvgIpc) is 2.74. The second-order valence-corrected chi connectivity index (χ2v) is 6.96. The number of fused-ring (bicyclic) bond motifs is 1. The van der Waals surface area contributed by atoms with Crippen molar-refractivity contribution >= 4 is 23.3 Å². The number of benzene rings is 1. The van der Waals surface area contributed by atoms with Crippen molar-refractivity contribution in [2.75, 3.05) is 27.9 Å². The molecule has 0 atom stereocenters. The van der Waals surface area contributed by atoms with E-state index in [1.807, 2.05) is 0 Å². The monoisotopic (exact) mass is 455 g/mol. The van der Waals surface area contributed by atoms with Gasteiger partial charge in [-0.15, -0.1) is 0 Å². The maximum atomic E-state index is 14.0. The van der Waals surface area contributed by atoms with Crippen LogP contribution in [-0.4, -0.2) is 42.5 Å². The van der Waals surface area contributed by atoms with Crippen molar-refractivity contribution < 1.29 is 27.4 Å². The third-order valence-corrected chi connectivity index (χ3v) is 4.99. The van der Waals surface area contributed by atoms with Gasteiger partial charge in [0.2, 0.25) is 0 Å². The lowest BCUT2D eigenvalue weighted by Crippen LogP contribution is -2.21. The van der Waals surface area contributed by atoms with Crippen LogP contribution in [0.3, 0.4) is 0 Å². The summed E-state index contributed by atoms with van der Waals surface area (Å²) in [6.45, 7) is 0.570. The highest BCUT2D eigenvalue weighted by atomic mass is 32.1. The fourth-order valence-corrected chi connectivity index (χ4v) is 3.49. The average molecular weight is 455 g/mol. The van der Waals surface area contributed by atoms with Crippen molar-refractivity contribution in [1.82, 2.24) is 14.5 Å². The molecule has 0 spiro atoms. The summed E-state index contributed by atoms with van der Waals surface area (Å²) >= 11 is 5.20. The van der Waals surface area contributed by atoms with E-state index in [1.165, 1.54) is 32.0 Å². The topological polar surface area (TPSA) is 78.4 Å². The lowest BCUT2D eigenvalue weighted by molar-refractivity contribution is -0.136. The molecule has 0 saturated carbocycles. The maximum Gasteiger partial charge on any atom is 0.417 e. The predicted molar refractivity (Wildman–Crippen MR) is 111 cm³/mol. The van der Waals surface area contributed by atoms with Gasteiger partial charge in [-0.2, -0.15) is 13.2 Å². The van der Waals surface area contributed by atoms with Gasteiger partial charge in [-0.05, 0) is 42.9 Å². The minimum atomic E-state index is -4.80. The van der Waals surface area contributed by atoms with Gasteiger partial charge in [0.15, 0.2) is 4.77 Å². The number of aryl methyl sites for hydroxylation is 1. The summed E-state index contributed by atoms with van der Waals surface area (Å²) < 4.78 is 58.8. The van der Waals surface area contributed by atoms with E-state index in [-0.39, 0.29) is 28.2 Å². The Bertz CT molecular complexity index is 1220. The van der Waals surface area contributed by atoms with Crippen LogP contribution in [0.5, 0.6) is 11.5 Å². The molecule has 1 aromatic carbocycles. The number of pyridine rings is 1. The number of nitrogens with zero attached hydrogens (tertiary/aromatic N) is 2. The van der Waals surface area contributed by atoms with Crippen molar-refractivity contribution in [3.8, 4) is 22.8 Å². The van der Waals surface area contributed by atoms with Gasteiger partial charge >= 0.3 is 6.18 Å². The van der Waals surface area contributed by atoms with Crippen LogP contribution < -0.4 is 15.0 Å². The molecule has 2 aromatic heterocycles. The number of H-pyrrole nitrogens is 1. The molecule has 0 fully saturated rings. The normalized spacial score (nSPS) is 11.7. The molecule has 7 nitrogen and oxygen atoms in total. The Labute approximate surface area is 180 Å². The number of aromatic amines is 1. The summed E-state index contributed by atoms with van der Waals surface area (Å²) in [7, 11) is 4.35. The number of aromatic nitrogens is 3. The van der Waals surface area contributed by atoms with Crippen LogP contribution in [0.25, 0.3) is 22.3 Å². The zero-order valence-corrected chi connectivity index (χ0v) is 17.8. The van der Waals surface area contributed by atoms with Crippen LogP contribution in [0.2, 0.25) is 0 Å². The van der Waals surface area contributed by atoms with Crippen molar-refractivity contribution in [2.24, 2.45) is 0 Å². The standard InChI is InChI=1S/C20H20F3N3O4S/c1-28-8-4-7-26-17-16(18(27)25-19(26)31)13(20(21,22)23)10-14(24-17)12-9-11(29-2)5-6-15(12)30-3/h5-6,9-10H,4,7-8H2,1-3H3,(H,25,27,31). The molecule has 166 valence electrons. The summed E-state index contributed by atoms with van der Waals surface area (Å²) in [5.74, 6) is 0.712. The molecule has 31 heavy (non-hydrogen) atoms. The Morgan fingerprint density at radius 3 is 2.52 bits per heavy atom. The fraction of sp³-hybridized carbons (Fsp3) is 0.350. The lowest BCUT2D eigenvalue weighted by Gasteiger charge is -2.17. The Morgan fingerprint density at radius 1 is 1.16 bits per heavy atom. The van der Waals surface area contributed by atoms with Gasteiger partial charge in [0.25, 0.3) is 5.56 Å². The third kappa shape index (κ3) is 4.57. The number of rotatable bonds is 7. The Balaban J connectivity index is 2.41. The van der Waals surface area contributed by atoms with E-state index in [4.69, 9.17) is 26.4 Å². The third-order valence-electron chi connectivity index (χ3n) is 4.67. The largest absolute Gasteiger partial charge is 0.497 e. The number of alkyl halides is 3. The Hall–Kier alpha value is -2.92.